The average Bonchev–Trinajstić information content (AvgIpc) is 2.52. The van der Waals surface area contributed by atoms with E-state index >= 15 is 0 Å². The lowest BCUT2D eigenvalue weighted by Gasteiger charge is -2.26. The Morgan fingerprint density at radius 2 is 1.87 bits per heavy atom. The fraction of sp³-hybridized carbons (Fsp3) is 0.650. The Labute approximate surface area is 141 Å². The molecular formula is C20H33NO2. The quantitative estimate of drug-likeness (QED) is 0.562. The summed E-state index contributed by atoms with van der Waals surface area (Å²) in [7, 11) is 0. The van der Waals surface area contributed by atoms with Gasteiger partial charge in [0.1, 0.15) is 0 Å². The molecule has 1 aromatic rings. The number of nitrogens with one attached hydrogen (secondary N) is 1. The third-order valence-electron chi connectivity index (χ3n) is 4.32. The molecule has 1 rings (SSSR count). The molecule has 1 aromatic carbocycles. The molecule has 130 valence electrons. The molecule has 0 saturated carbocycles. The van der Waals surface area contributed by atoms with Gasteiger partial charge in [-0.05, 0) is 49.8 Å². The van der Waals surface area contributed by atoms with Crippen molar-refractivity contribution in [3.8, 4) is 0 Å². The van der Waals surface area contributed by atoms with E-state index in [2.05, 4.69) is 26.1 Å². The van der Waals surface area contributed by atoms with E-state index in [1.807, 2.05) is 30.3 Å². The van der Waals surface area contributed by atoms with E-state index in [0.717, 1.165) is 25.1 Å². The van der Waals surface area contributed by atoms with Gasteiger partial charge in [0.15, 0.2) is 0 Å². The normalized spacial score (nSPS) is 13.9. The Balaban J connectivity index is 2.67. The summed E-state index contributed by atoms with van der Waals surface area (Å²) in [5, 5.41) is 13.2. The van der Waals surface area contributed by atoms with E-state index in [1.54, 1.807) is 0 Å². The van der Waals surface area contributed by atoms with Crippen molar-refractivity contribution in [2.45, 2.75) is 52.9 Å². The SMILES string of the molecule is CCCCCNCC(CC(C)C)[C@H](Cc1ccccc1)C(=O)O. The molecule has 0 saturated heterocycles. The predicted molar refractivity (Wildman–Crippen MR) is 96.6 cm³/mol. The number of benzene rings is 1. The van der Waals surface area contributed by atoms with Crippen molar-refractivity contribution < 1.29 is 9.90 Å². The summed E-state index contributed by atoms with van der Waals surface area (Å²) in [5.41, 5.74) is 1.11. The lowest BCUT2D eigenvalue weighted by Crippen LogP contribution is -2.35. The van der Waals surface area contributed by atoms with Crippen molar-refractivity contribution in [2.75, 3.05) is 13.1 Å². The van der Waals surface area contributed by atoms with Crippen LogP contribution >= 0.6 is 0 Å². The van der Waals surface area contributed by atoms with Gasteiger partial charge in [-0.15, -0.1) is 0 Å². The highest BCUT2D eigenvalue weighted by Gasteiger charge is 2.28. The molecule has 0 fully saturated rings. The molecule has 0 spiro atoms. The highest BCUT2D eigenvalue weighted by molar-refractivity contribution is 5.70. The molecule has 3 nitrogen and oxygen atoms in total. The van der Waals surface area contributed by atoms with Crippen molar-refractivity contribution in [2.24, 2.45) is 17.8 Å². The van der Waals surface area contributed by atoms with E-state index < -0.39 is 5.97 Å². The topological polar surface area (TPSA) is 49.3 Å². The number of hydrogen-bond acceptors (Lipinski definition) is 2. The molecule has 0 radical (unpaired) electrons. The number of aliphatic carboxylic acids is 1. The smallest absolute Gasteiger partial charge is 0.307 e. The summed E-state index contributed by atoms with van der Waals surface area (Å²) >= 11 is 0. The van der Waals surface area contributed by atoms with Crippen LogP contribution in [0.2, 0.25) is 0 Å². The number of hydrogen-bond donors (Lipinski definition) is 2. The van der Waals surface area contributed by atoms with E-state index in [1.165, 1.54) is 19.3 Å². The lowest BCUT2D eigenvalue weighted by atomic mass is 9.81. The number of rotatable bonds is 12. The minimum absolute atomic E-state index is 0.175. The first-order valence-electron chi connectivity index (χ1n) is 9.02. The summed E-state index contributed by atoms with van der Waals surface area (Å²) in [4.78, 5) is 11.8. The van der Waals surface area contributed by atoms with Crippen LogP contribution in [0.1, 0.15) is 52.0 Å². The van der Waals surface area contributed by atoms with Gasteiger partial charge >= 0.3 is 5.97 Å². The summed E-state index contributed by atoms with van der Waals surface area (Å²) in [6.07, 6.45) is 5.17. The van der Waals surface area contributed by atoms with Gasteiger partial charge in [0, 0.05) is 0 Å². The van der Waals surface area contributed by atoms with Gasteiger partial charge < -0.3 is 10.4 Å². The fourth-order valence-corrected chi connectivity index (χ4v) is 3.11. The van der Waals surface area contributed by atoms with Crippen LogP contribution in [0.5, 0.6) is 0 Å². The van der Waals surface area contributed by atoms with Gasteiger partial charge in [-0.1, -0.05) is 63.9 Å². The average molecular weight is 319 g/mol. The third-order valence-corrected chi connectivity index (χ3v) is 4.32. The van der Waals surface area contributed by atoms with Crippen LogP contribution in [0.15, 0.2) is 30.3 Å². The van der Waals surface area contributed by atoms with Crippen LogP contribution in [0, 0.1) is 17.8 Å². The number of carboxylic acid groups (broad SMARTS) is 1. The Kier molecular flexibility index (Phi) is 9.61. The molecule has 0 aliphatic heterocycles. The highest BCUT2D eigenvalue weighted by Crippen LogP contribution is 2.24. The van der Waals surface area contributed by atoms with Crippen molar-refractivity contribution in [3.05, 3.63) is 35.9 Å². The van der Waals surface area contributed by atoms with E-state index in [-0.39, 0.29) is 11.8 Å². The minimum Gasteiger partial charge on any atom is -0.481 e. The van der Waals surface area contributed by atoms with Crippen molar-refractivity contribution in [1.82, 2.24) is 5.32 Å². The zero-order valence-corrected chi connectivity index (χ0v) is 14.9. The molecule has 0 aromatic heterocycles. The molecule has 23 heavy (non-hydrogen) atoms. The Morgan fingerprint density at radius 3 is 2.43 bits per heavy atom. The maximum atomic E-state index is 11.8. The molecule has 0 bridgehead atoms. The molecule has 0 aliphatic rings. The van der Waals surface area contributed by atoms with E-state index in [0.29, 0.717) is 12.3 Å². The number of carbonyl (C=O) groups is 1. The second-order valence-corrected chi connectivity index (χ2v) is 6.94. The zero-order valence-electron chi connectivity index (χ0n) is 14.9. The van der Waals surface area contributed by atoms with Crippen LogP contribution in [0.4, 0.5) is 0 Å². The second-order valence-electron chi connectivity index (χ2n) is 6.94. The number of unbranched alkanes of at least 4 members (excludes halogenated alkanes) is 2. The summed E-state index contributed by atoms with van der Waals surface area (Å²) in [6, 6.07) is 9.98. The van der Waals surface area contributed by atoms with E-state index in [4.69, 9.17) is 0 Å². The molecule has 0 aliphatic carbocycles. The first kappa shape index (κ1) is 19.7. The van der Waals surface area contributed by atoms with E-state index in [9.17, 15) is 9.90 Å². The zero-order chi connectivity index (χ0) is 17.1. The maximum absolute atomic E-state index is 11.8. The van der Waals surface area contributed by atoms with Crippen molar-refractivity contribution in [3.63, 3.8) is 0 Å². The van der Waals surface area contributed by atoms with Gasteiger partial charge in [-0.2, -0.15) is 0 Å². The molecule has 2 atom stereocenters. The maximum Gasteiger partial charge on any atom is 0.307 e. The van der Waals surface area contributed by atoms with Gasteiger partial charge in [0.2, 0.25) is 0 Å². The Morgan fingerprint density at radius 1 is 1.17 bits per heavy atom. The molecule has 3 heteroatoms. The largest absolute Gasteiger partial charge is 0.481 e. The van der Waals surface area contributed by atoms with Crippen LogP contribution in [0.3, 0.4) is 0 Å². The Hall–Kier alpha value is -1.35. The first-order valence-corrected chi connectivity index (χ1v) is 9.02. The van der Waals surface area contributed by atoms with Gasteiger partial charge in [-0.3, -0.25) is 4.79 Å². The van der Waals surface area contributed by atoms with Gasteiger partial charge in [0.05, 0.1) is 5.92 Å². The third kappa shape index (κ3) is 8.17. The van der Waals surface area contributed by atoms with Gasteiger partial charge in [0.25, 0.3) is 0 Å². The molecular weight excluding hydrogens is 286 g/mol. The van der Waals surface area contributed by atoms with Crippen LogP contribution in [-0.4, -0.2) is 24.2 Å². The molecule has 0 amide bonds. The number of carboxylic acids is 1. The lowest BCUT2D eigenvalue weighted by molar-refractivity contribution is -0.143. The van der Waals surface area contributed by atoms with Crippen molar-refractivity contribution >= 4 is 5.97 Å². The first-order chi connectivity index (χ1) is 11.0. The van der Waals surface area contributed by atoms with Crippen molar-refractivity contribution in [1.29, 1.82) is 0 Å². The minimum atomic E-state index is -0.671. The highest BCUT2D eigenvalue weighted by atomic mass is 16.4. The monoisotopic (exact) mass is 319 g/mol. The van der Waals surface area contributed by atoms with Crippen LogP contribution in [-0.2, 0) is 11.2 Å². The summed E-state index contributed by atoms with van der Waals surface area (Å²) < 4.78 is 0. The predicted octanol–water partition coefficient (Wildman–Crippen LogP) is 4.37. The molecule has 1 unspecified atom stereocenters. The Bertz CT molecular complexity index is 431. The molecule has 2 N–H and O–H groups in total. The van der Waals surface area contributed by atoms with Crippen LogP contribution in [0.25, 0.3) is 0 Å². The van der Waals surface area contributed by atoms with Gasteiger partial charge in [-0.25, -0.2) is 0 Å². The second kappa shape index (κ2) is 11.2. The van der Waals surface area contributed by atoms with Crippen LogP contribution < -0.4 is 5.32 Å². The summed E-state index contributed by atoms with van der Waals surface area (Å²) in [5.74, 6) is -0.308. The standard InChI is InChI=1S/C20H33NO2/c1-4-5-9-12-21-15-18(13-16(2)3)19(20(22)23)14-17-10-7-6-8-11-17/h6-8,10-11,16,18-19,21H,4-5,9,12-15H2,1-3H3,(H,22,23)/t18?,19-/m0/s1. The fourth-order valence-electron chi connectivity index (χ4n) is 3.11. The molecule has 0 heterocycles. The summed E-state index contributed by atoms with van der Waals surface area (Å²) in [6.45, 7) is 8.32.